The fourth-order valence-electron chi connectivity index (χ4n) is 5.47. The molecule has 1 aromatic heterocycles. The monoisotopic (exact) mass is 476 g/mol. The molecule has 1 aliphatic heterocycles. The molecule has 1 unspecified atom stereocenters. The SMILES string of the molecule is Cc1c(C#N)c(NC(=O)CN2CCCCC2CNC(=O)Nc2ccccc2)n(C2CCCC2)c1C. The lowest BCUT2D eigenvalue weighted by atomic mass is 10.0. The maximum absolute atomic E-state index is 13.2. The van der Waals surface area contributed by atoms with Gasteiger partial charge in [0.2, 0.25) is 5.91 Å². The van der Waals surface area contributed by atoms with Crippen molar-refractivity contribution in [1.82, 2.24) is 14.8 Å². The lowest BCUT2D eigenvalue weighted by Crippen LogP contribution is -2.49. The number of urea groups is 1. The molecule has 8 heteroatoms. The lowest BCUT2D eigenvalue weighted by Gasteiger charge is -2.35. The third-order valence-corrected chi connectivity index (χ3v) is 7.44. The van der Waals surface area contributed by atoms with Crippen molar-refractivity contribution in [2.45, 2.75) is 70.9 Å². The van der Waals surface area contributed by atoms with Crippen LogP contribution in [0.3, 0.4) is 0 Å². The molecule has 1 saturated heterocycles. The van der Waals surface area contributed by atoms with E-state index >= 15 is 0 Å². The molecular weight excluding hydrogens is 440 g/mol. The van der Waals surface area contributed by atoms with Gasteiger partial charge in [-0.1, -0.05) is 37.5 Å². The Bertz CT molecular complexity index is 1080. The molecule has 3 N–H and O–H groups in total. The molecule has 0 radical (unpaired) electrons. The second kappa shape index (κ2) is 11.4. The van der Waals surface area contributed by atoms with Crippen molar-refractivity contribution < 1.29 is 9.59 Å². The van der Waals surface area contributed by atoms with Crippen LogP contribution in [0.25, 0.3) is 0 Å². The minimum Gasteiger partial charge on any atom is -0.336 e. The summed E-state index contributed by atoms with van der Waals surface area (Å²) in [6, 6.07) is 11.8. The number of anilines is 2. The van der Waals surface area contributed by atoms with Crippen molar-refractivity contribution in [3.63, 3.8) is 0 Å². The zero-order valence-electron chi connectivity index (χ0n) is 20.8. The molecule has 1 aliphatic carbocycles. The molecule has 2 aromatic rings. The van der Waals surface area contributed by atoms with Crippen LogP contribution in [0.4, 0.5) is 16.3 Å². The van der Waals surface area contributed by atoms with Crippen molar-refractivity contribution in [2.75, 3.05) is 30.3 Å². The zero-order valence-corrected chi connectivity index (χ0v) is 20.8. The molecule has 0 bridgehead atoms. The summed E-state index contributed by atoms with van der Waals surface area (Å²) < 4.78 is 2.18. The van der Waals surface area contributed by atoms with E-state index in [1.165, 1.54) is 12.8 Å². The average molecular weight is 477 g/mol. The molecule has 2 fully saturated rings. The van der Waals surface area contributed by atoms with Gasteiger partial charge in [-0.2, -0.15) is 5.26 Å². The van der Waals surface area contributed by atoms with Gasteiger partial charge in [-0.3, -0.25) is 9.69 Å². The van der Waals surface area contributed by atoms with E-state index in [9.17, 15) is 14.9 Å². The number of carbonyl (C=O) groups is 2. The number of likely N-dealkylation sites (tertiary alicyclic amines) is 1. The maximum Gasteiger partial charge on any atom is 0.319 e. The molecule has 4 rings (SSSR count). The summed E-state index contributed by atoms with van der Waals surface area (Å²) in [4.78, 5) is 27.7. The number of hydrogen-bond acceptors (Lipinski definition) is 4. The first-order valence-corrected chi connectivity index (χ1v) is 12.7. The minimum absolute atomic E-state index is 0.0940. The predicted octanol–water partition coefficient (Wildman–Crippen LogP) is 4.71. The molecule has 3 amide bonds. The Hall–Kier alpha value is -3.31. The molecular formula is C27H36N6O2. The third-order valence-electron chi connectivity index (χ3n) is 7.44. The molecule has 35 heavy (non-hydrogen) atoms. The molecule has 186 valence electrons. The van der Waals surface area contributed by atoms with Crippen LogP contribution in [0.2, 0.25) is 0 Å². The standard InChI is InChI=1S/C27H36N6O2/c1-19-20(2)33(22-12-6-7-13-22)26(24(19)16-28)31-25(34)18-32-15-9-8-14-23(32)17-29-27(35)30-21-10-4-3-5-11-21/h3-5,10-11,22-23H,6-9,12-15,17-18H2,1-2H3,(H,31,34)(H2,29,30,35). The van der Waals surface area contributed by atoms with E-state index in [-0.39, 0.29) is 24.5 Å². The van der Waals surface area contributed by atoms with E-state index in [4.69, 9.17) is 0 Å². The summed E-state index contributed by atoms with van der Waals surface area (Å²) in [5, 5.41) is 18.7. The summed E-state index contributed by atoms with van der Waals surface area (Å²) >= 11 is 0. The first-order chi connectivity index (χ1) is 17.0. The Labute approximate surface area is 207 Å². The summed E-state index contributed by atoms with van der Waals surface area (Å²) in [5.41, 5.74) is 3.32. The van der Waals surface area contributed by atoms with Crippen LogP contribution >= 0.6 is 0 Å². The van der Waals surface area contributed by atoms with Gasteiger partial charge in [0.15, 0.2) is 0 Å². The fourth-order valence-corrected chi connectivity index (χ4v) is 5.47. The molecule has 0 spiro atoms. The Balaban J connectivity index is 1.39. The number of nitrogens with zero attached hydrogens (tertiary/aromatic N) is 3. The van der Waals surface area contributed by atoms with Gasteiger partial charge in [0.1, 0.15) is 11.9 Å². The normalized spacial score (nSPS) is 18.7. The van der Waals surface area contributed by atoms with Gasteiger partial charge in [0.25, 0.3) is 0 Å². The smallest absolute Gasteiger partial charge is 0.319 e. The van der Waals surface area contributed by atoms with Gasteiger partial charge >= 0.3 is 6.03 Å². The highest BCUT2D eigenvalue weighted by Gasteiger charge is 2.29. The van der Waals surface area contributed by atoms with Gasteiger partial charge in [-0.15, -0.1) is 0 Å². The van der Waals surface area contributed by atoms with Gasteiger partial charge in [-0.05, 0) is 63.8 Å². The van der Waals surface area contributed by atoms with Gasteiger partial charge in [0, 0.05) is 30.0 Å². The van der Waals surface area contributed by atoms with E-state index in [1.807, 2.05) is 44.2 Å². The van der Waals surface area contributed by atoms with Crippen molar-refractivity contribution >= 4 is 23.4 Å². The molecule has 1 atom stereocenters. The zero-order chi connectivity index (χ0) is 24.8. The first-order valence-electron chi connectivity index (χ1n) is 12.7. The van der Waals surface area contributed by atoms with Crippen LogP contribution < -0.4 is 16.0 Å². The van der Waals surface area contributed by atoms with Crippen molar-refractivity contribution in [3.8, 4) is 6.07 Å². The Kier molecular flexibility index (Phi) is 8.09. The van der Waals surface area contributed by atoms with Crippen molar-refractivity contribution in [3.05, 3.63) is 47.2 Å². The van der Waals surface area contributed by atoms with Crippen molar-refractivity contribution in [1.29, 1.82) is 5.26 Å². The van der Waals surface area contributed by atoms with Crippen LogP contribution in [0.1, 0.15) is 67.8 Å². The van der Waals surface area contributed by atoms with E-state index in [1.54, 1.807) is 0 Å². The van der Waals surface area contributed by atoms with E-state index in [2.05, 4.69) is 31.5 Å². The van der Waals surface area contributed by atoms with Gasteiger partial charge < -0.3 is 20.5 Å². The highest BCUT2D eigenvalue weighted by Crippen LogP contribution is 2.37. The molecule has 1 aromatic carbocycles. The minimum atomic E-state index is -0.245. The maximum atomic E-state index is 13.2. The number of amides is 3. The summed E-state index contributed by atoms with van der Waals surface area (Å²) in [7, 11) is 0. The number of rotatable bonds is 7. The second-order valence-electron chi connectivity index (χ2n) is 9.72. The number of nitrogens with one attached hydrogen (secondary N) is 3. The van der Waals surface area contributed by atoms with E-state index < -0.39 is 0 Å². The number of hydrogen-bond donors (Lipinski definition) is 3. The Morgan fingerprint density at radius 1 is 1.03 bits per heavy atom. The van der Waals surface area contributed by atoms with Gasteiger partial charge in [-0.25, -0.2) is 4.79 Å². The topological polar surface area (TPSA) is 102 Å². The molecule has 2 aliphatic rings. The first kappa shape index (κ1) is 24.8. The number of piperidine rings is 1. The third kappa shape index (κ3) is 5.85. The quantitative estimate of drug-likeness (QED) is 0.539. The summed E-state index contributed by atoms with van der Waals surface area (Å²) in [6.45, 7) is 5.53. The predicted molar refractivity (Wildman–Crippen MR) is 137 cm³/mol. The van der Waals surface area contributed by atoms with Crippen LogP contribution in [0.5, 0.6) is 0 Å². The summed E-state index contributed by atoms with van der Waals surface area (Å²) in [5.74, 6) is 0.534. The van der Waals surface area contributed by atoms with Crippen LogP contribution in [-0.4, -0.2) is 47.1 Å². The second-order valence-corrected chi connectivity index (χ2v) is 9.72. The van der Waals surface area contributed by atoms with Crippen LogP contribution in [-0.2, 0) is 4.79 Å². The number of carbonyl (C=O) groups excluding carboxylic acids is 2. The highest BCUT2D eigenvalue weighted by atomic mass is 16.2. The Morgan fingerprint density at radius 2 is 1.74 bits per heavy atom. The Morgan fingerprint density at radius 3 is 2.46 bits per heavy atom. The average Bonchev–Trinajstić information content (AvgIpc) is 3.46. The lowest BCUT2D eigenvalue weighted by molar-refractivity contribution is -0.118. The number of aromatic nitrogens is 1. The number of nitriles is 1. The van der Waals surface area contributed by atoms with Gasteiger partial charge in [0.05, 0.1) is 12.1 Å². The molecule has 8 nitrogen and oxygen atoms in total. The van der Waals surface area contributed by atoms with Crippen LogP contribution in [0.15, 0.2) is 30.3 Å². The largest absolute Gasteiger partial charge is 0.336 e. The highest BCUT2D eigenvalue weighted by molar-refractivity contribution is 5.93. The van der Waals surface area contributed by atoms with Crippen LogP contribution in [0, 0.1) is 25.2 Å². The fraction of sp³-hybridized carbons (Fsp3) is 0.519. The summed E-state index contributed by atoms with van der Waals surface area (Å²) in [6.07, 6.45) is 7.54. The van der Waals surface area contributed by atoms with E-state index in [0.29, 0.717) is 24.0 Å². The van der Waals surface area contributed by atoms with Crippen molar-refractivity contribution in [2.24, 2.45) is 0 Å². The molecule has 2 heterocycles. The number of para-hydroxylation sites is 1. The van der Waals surface area contributed by atoms with E-state index in [0.717, 1.165) is 55.6 Å². The number of benzene rings is 1. The molecule has 1 saturated carbocycles.